The van der Waals surface area contributed by atoms with E-state index in [-0.39, 0.29) is 24.5 Å². The number of aliphatic hydroxyl groups is 1. The van der Waals surface area contributed by atoms with Crippen LogP contribution >= 0.6 is 0 Å². The molecule has 1 unspecified atom stereocenters. The molecule has 186 valence electrons. The zero-order valence-electron chi connectivity index (χ0n) is 20.4. The number of oxime groups is 1. The Morgan fingerprint density at radius 3 is 2.59 bits per heavy atom. The van der Waals surface area contributed by atoms with E-state index in [1.165, 1.54) is 6.07 Å². The maximum atomic E-state index is 13.4. The van der Waals surface area contributed by atoms with E-state index in [2.05, 4.69) is 20.1 Å². The molecule has 0 fully saturated rings. The van der Waals surface area contributed by atoms with Crippen molar-refractivity contribution in [3.63, 3.8) is 0 Å². The van der Waals surface area contributed by atoms with E-state index < -0.39 is 11.6 Å². The van der Waals surface area contributed by atoms with Gasteiger partial charge in [0, 0.05) is 47.1 Å². The van der Waals surface area contributed by atoms with Crippen molar-refractivity contribution in [2.45, 2.75) is 38.4 Å². The first-order valence-corrected chi connectivity index (χ1v) is 11.9. The Kier molecular flexibility index (Phi) is 6.58. The van der Waals surface area contributed by atoms with Gasteiger partial charge in [0.25, 0.3) is 5.79 Å². The lowest BCUT2D eigenvalue weighted by molar-refractivity contribution is -0.196. The summed E-state index contributed by atoms with van der Waals surface area (Å²) in [5, 5.41) is 15.2. The molecule has 0 saturated carbocycles. The number of pyridine rings is 3. The number of carbonyl (C=O) groups excluding carboxylic acids is 1. The van der Waals surface area contributed by atoms with E-state index in [1.54, 1.807) is 48.8 Å². The highest BCUT2D eigenvalue weighted by molar-refractivity contribution is 6.06. The summed E-state index contributed by atoms with van der Waals surface area (Å²) < 4.78 is 13.3. The van der Waals surface area contributed by atoms with Gasteiger partial charge in [-0.15, -0.1) is 0 Å². The van der Waals surface area contributed by atoms with Crippen molar-refractivity contribution in [2.75, 3.05) is 0 Å². The van der Waals surface area contributed by atoms with E-state index >= 15 is 0 Å². The molecule has 2 atom stereocenters. The Balaban J connectivity index is 1.47. The number of benzene rings is 1. The lowest BCUT2D eigenvalue weighted by Crippen LogP contribution is -2.27. The average molecular weight is 497 g/mol. The van der Waals surface area contributed by atoms with Crippen molar-refractivity contribution in [3.05, 3.63) is 113 Å². The largest absolute Gasteiger partial charge is 0.353 e. The zero-order valence-corrected chi connectivity index (χ0v) is 20.4. The van der Waals surface area contributed by atoms with E-state index in [1.807, 2.05) is 32.0 Å². The number of nitrogens with zero attached hydrogens (tertiary/aromatic N) is 4. The minimum absolute atomic E-state index is 0.0678. The minimum atomic E-state index is -1.69. The fraction of sp³-hybridized carbons (Fsp3) is 0.207. The van der Waals surface area contributed by atoms with Crippen LogP contribution in [0.1, 0.15) is 58.6 Å². The van der Waals surface area contributed by atoms with Crippen molar-refractivity contribution in [1.29, 1.82) is 0 Å². The Morgan fingerprint density at radius 1 is 1.05 bits per heavy atom. The number of halogens is 1. The van der Waals surface area contributed by atoms with Gasteiger partial charge in [0.05, 0.1) is 24.0 Å². The maximum absolute atomic E-state index is 13.4. The second-order valence-corrected chi connectivity index (χ2v) is 9.25. The van der Waals surface area contributed by atoms with Gasteiger partial charge in [0.15, 0.2) is 5.78 Å². The van der Waals surface area contributed by atoms with Crippen LogP contribution in [0.2, 0.25) is 0 Å². The van der Waals surface area contributed by atoms with Gasteiger partial charge in [-0.3, -0.25) is 19.7 Å². The maximum Gasteiger partial charge on any atom is 0.283 e. The molecule has 0 radical (unpaired) electrons. The van der Waals surface area contributed by atoms with Crippen LogP contribution in [0.4, 0.5) is 4.39 Å². The van der Waals surface area contributed by atoms with Crippen molar-refractivity contribution in [2.24, 2.45) is 5.16 Å². The first-order valence-electron chi connectivity index (χ1n) is 11.9. The molecule has 37 heavy (non-hydrogen) atoms. The van der Waals surface area contributed by atoms with Crippen molar-refractivity contribution in [3.8, 4) is 11.3 Å². The summed E-state index contributed by atoms with van der Waals surface area (Å²) in [4.78, 5) is 31.7. The molecule has 7 nitrogen and oxygen atoms in total. The predicted octanol–water partition coefficient (Wildman–Crippen LogP) is 5.33. The molecule has 0 aliphatic carbocycles. The molecular weight excluding hydrogens is 471 g/mol. The first-order chi connectivity index (χ1) is 17.8. The normalized spacial score (nSPS) is 17.7. The monoisotopic (exact) mass is 496 g/mol. The number of hydrogen-bond acceptors (Lipinski definition) is 7. The van der Waals surface area contributed by atoms with Crippen LogP contribution in [0.25, 0.3) is 11.3 Å². The molecule has 0 bridgehead atoms. The Hall–Kier alpha value is -4.30. The highest BCUT2D eigenvalue weighted by Gasteiger charge is 2.40. The highest BCUT2D eigenvalue weighted by atomic mass is 19.1. The second kappa shape index (κ2) is 9.99. The highest BCUT2D eigenvalue weighted by Crippen LogP contribution is 2.34. The van der Waals surface area contributed by atoms with Crippen LogP contribution in [0.5, 0.6) is 0 Å². The number of Topliss-reactive ketones (excluding diaryl/α,β-unsaturated/α-hetero) is 1. The molecule has 5 rings (SSSR count). The van der Waals surface area contributed by atoms with Gasteiger partial charge in [0.1, 0.15) is 11.5 Å². The van der Waals surface area contributed by atoms with E-state index in [0.29, 0.717) is 33.9 Å². The number of carbonyl (C=O) groups is 1. The van der Waals surface area contributed by atoms with E-state index in [4.69, 9.17) is 4.84 Å². The summed E-state index contributed by atoms with van der Waals surface area (Å²) in [5.74, 6) is -2.43. The van der Waals surface area contributed by atoms with Gasteiger partial charge in [0.2, 0.25) is 0 Å². The van der Waals surface area contributed by atoms with E-state index in [9.17, 15) is 14.3 Å². The van der Waals surface area contributed by atoms with Gasteiger partial charge in [-0.05, 0) is 61.0 Å². The first kappa shape index (κ1) is 24.4. The molecule has 0 saturated heterocycles. The SMILES string of the molecule is Cc1ccc(-c2cc(C(=O)C[C@H](C)c3ccc(F)cn3)cc(C3=NOC(O)(c4ccccn4)C3)c2)nc1. The van der Waals surface area contributed by atoms with Crippen molar-refractivity contribution in [1.82, 2.24) is 15.0 Å². The fourth-order valence-corrected chi connectivity index (χ4v) is 4.23. The predicted molar refractivity (Wildman–Crippen MR) is 136 cm³/mol. The van der Waals surface area contributed by atoms with Gasteiger partial charge in [-0.25, -0.2) is 4.39 Å². The summed E-state index contributed by atoms with van der Waals surface area (Å²) in [6, 6.07) is 17.4. The van der Waals surface area contributed by atoms with Crippen LogP contribution in [-0.2, 0) is 10.6 Å². The van der Waals surface area contributed by atoms with Crippen LogP contribution < -0.4 is 0 Å². The molecular formula is C29H25FN4O3. The Morgan fingerprint density at radius 2 is 1.89 bits per heavy atom. The van der Waals surface area contributed by atoms with Crippen LogP contribution in [0, 0.1) is 12.7 Å². The molecule has 0 spiro atoms. The lowest BCUT2D eigenvalue weighted by atomic mass is 9.91. The molecule has 3 aromatic heterocycles. The quantitative estimate of drug-likeness (QED) is 0.347. The summed E-state index contributed by atoms with van der Waals surface area (Å²) in [5.41, 5.74) is 5.05. The van der Waals surface area contributed by atoms with Gasteiger partial charge in [-0.2, -0.15) is 0 Å². The standard InChI is InChI=1S/C29H25FN4O3/c1-18-6-8-25(32-16-18)20-12-21(26-15-29(36,37-34-26)28-5-3-4-10-31-28)14-22(13-20)27(35)11-19(2)24-9-7-23(30)17-33-24/h3-10,12-14,16-17,19,36H,11,15H2,1-2H3/t19-,29?/m0/s1. The lowest BCUT2D eigenvalue weighted by Gasteiger charge is -2.18. The number of aromatic nitrogens is 3. The molecule has 4 aromatic rings. The van der Waals surface area contributed by atoms with Crippen LogP contribution in [-0.4, -0.2) is 31.6 Å². The topological polar surface area (TPSA) is 97.6 Å². The Labute approximate surface area is 213 Å². The van der Waals surface area contributed by atoms with Gasteiger partial charge < -0.3 is 9.94 Å². The summed E-state index contributed by atoms with van der Waals surface area (Å²) in [6.45, 7) is 3.84. The Bertz CT molecular complexity index is 1460. The molecule has 0 amide bonds. The summed E-state index contributed by atoms with van der Waals surface area (Å²) >= 11 is 0. The number of aryl methyl sites for hydroxylation is 1. The molecule has 4 heterocycles. The third-order valence-electron chi connectivity index (χ3n) is 6.32. The third kappa shape index (κ3) is 5.29. The minimum Gasteiger partial charge on any atom is -0.353 e. The smallest absolute Gasteiger partial charge is 0.283 e. The number of hydrogen-bond donors (Lipinski definition) is 1. The van der Waals surface area contributed by atoms with Crippen molar-refractivity contribution < 1.29 is 19.1 Å². The molecule has 1 N–H and O–H groups in total. The number of rotatable bonds is 7. The van der Waals surface area contributed by atoms with Crippen molar-refractivity contribution >= 4 is 11.5 Å². The molecule has 8 heteroatoms. The van der Waals surface area contributed by atoms with Gasteiger partial charge >= 0.3 is 0 Å². The van der Waals surface area contributed by atoms with E-state index in [0.717, 1.165) is 17.3 Å². The number of ketones is 1. The zero-order chi connectivity index (χ0) is 26.0. The molecule has 1 aliphatic rings. The third-order valence-corrected chi connectivity index (χ3v) is 6.32. The average Bonchev–Trinajstić information content (AvgIpc) is 3.33. The summed E-state index contributed by atoms with van der Waals surface area (Å²) in [6.07, 6.45) is 4.75. The van der Waals surface area contributed by atoms with Crippen LogP contribution in [0.3, 0.4) is 0 Å². The second-order valence-electron chi connectivity index (χ2n) is 9.25. The molecule has 1 aliphatic heterocycles. The summed E-state index contributed by atoms with van der Waals surface area (Å²) in [7, 11) is 0. The fourth-order valence-electron chi connectivity index (χ4n) is 4.23. The van der Waals surface area contributed by atoms with Crippen LogP contribution in [0.15, 0.2) is 84.4 Å². The van der Waals surface area contributed by atoms with Gasteiger partial charge in [-0.1, -0.05) is 24.2 Å². The molecule has 1 aromatic carbocycles.